The van der Waals surface area contributed by atoms with E-state index in [-0.39, 0.29) is 6.29 Å². The van der Waals surface area contributed by atoms with Crippen LogP contribution in [-0.4, -0.2) is 27.6 Å². The molecule has 0 fully saturated rings. The average molecular weight is 133 g/mol. The van der Waals surface area contributed by atoms with Gasteiger partial charge in [-0.15, -0.1) is 0 Å². The molecule has 0 saturated carbocycles. The molecule has 0 spiro atoms. The Morgan fingerprint density at radius 3 is 2.11 bits per heavy atom. The number of methoxy groups -OCH3 is 3. The second-order valence-electron chi connectivity index (χ2n) is 1.54. The van der Waals surface area contributed by atoms with E-state index in [1.54, 1.807) is 27.9 Å². The van der Waals surface area contributed by atoms with E-state index in [2.05, 4.69) is 0 Å². The highest BCUT2D eigenvalue weighted by Gasteiger charge is 2.10. The summed E-state index contributed by atoms with van der Waals surface area (Å²) >= 11 is 0. The molecular formula is C6H13O3+. The summed E-state index contributed by atoms with van der Waals surface area (Å²) in [6.45, 7) is 1.64. The second-order valence-corrected chi connectivity index (χ2v) is 1.54. The fourth-order valence-corrected chi connectivity index (χ4v) is 0.463. The summed E-state index contributed by atoms with van der Waals surface area (Å²) in [5.41, 5.74) is 0. The first-order valence-electron chi connectivity index (χ1n) is 2.75. The molecule has 0 N–H and O–H groups in total. The highest BCUT2D eigenvalue weighted by atomic mass is 16.7. The molecule has 0 aromatic heterocycles. The average Bonchev–Trinajstić information content (AvgIpc) is 1.91. The summed E-state index contributed by atoms with van der Waals surface area (Å²) in [7, 11) is 4.79. The lowest BCUT2D eigenvalue weighted by Gasteiger charge is -2.06. The first-order chi connectivity index (χ1) is 4.35. The monoisotopic (exact) mass is 133 g/mol. The van der Waals surface area contributed by atoms with E-state index in [4.69, 9.17) is 14.2 Å². The van der Waals surface area contributed by atoms with Gasteiger partial charge in [-0.2, -0.15) is 4.74 Å². The normalized spacial score (nSPS) is 10.2. The zero-order valence-corrected chi connectivity index (χ0v) is 6.09. The van der Waals surface area contributed by atoms with E-state index in [9.17, 15) is 0 Å². The molecule has 3 heteroatoms. The third-order valence-corrected chi connectivity index (χ3v) is 0.981. The number of ether oxygens (including phenoxy) is 3. The zero-order chi connectivity index (χ0) is 7.11. The largest absolute Gasteiger partial charge is 0.352 e. The Kier molecular flexibility index (Phi) is 5.72. The van der Waals surface area contributed by atoms with Crippen molar-refractivity contribution in [2.75, 3.05) is 21.3 Å². The third kappa shape index (κ3) is 4.27. The first-order valence-corrected chi connectivity index (χ1v) is 2.75. The molecule has 0 aromatic rings. The van der Waals surface area contributed by atoms with Crippen LogP contribution in [-0.2, 0) is 14.2 Å². The minimum absolute atomic E-state index is 0.176. The van der Waals surface area contributed by atoms with E-state index in [0.29, 0.717) is 6.42 Å². The van der Waals surface area contributed by atoms with Gasteiger partial charge in [0.1, 0.15) is 0 Å². The van der Waals surface area contributed by atoms with E-state index in [0.717, 1.165) is 0 Å². The van der Waals surface area contributed by atoms with Crippen molar-refractivity contribution in [3.05, 3.63) is 6.61 Å². The van der Waals surface area contributed by atoms with Crippen molar-refractivity contribution in [3.63, 3.8) is 0 Å². The highest BCUT2D eigenvalue weighted by Crippen LogP contribution is 1.99. The van der Waals surface area contributed by atoms with Gasteiger partial charge >= 0.3 is 0 Å². The van der Waals surface area contributed by atoms with Crippen LogP contribution in [0.25, 0.3) is 0 Å². The Labute approximate surface area is 55.9 Å². The molecule has 0 aliphatic rings. The molecule has 0 rings (SSSR count). The molecule has 54 valence electrons. The first kappa shape index (κ1) is 8.75. The van der Waals surface area contributed by atoms with E-state index in [1.165, 1.54) is 0 Å². The van der Waals surface area contributed by atoms with E-state index >= 15 is 0 Å². The van der Waals surface area contributed by atoms with Gasteiger partial charge in [0.2, 0.25) is 12.9 Å². The minimum Gasteiger partial charge on any atom is -0.352 e. The summed E-state index contributed by atoms with van der Waals surface area (Å²) in [4.78, 5) is 0. The molecule has 0 heterocycles. The van der Waals surface area contributed by atoms with Crippen molar-refractivity contribution < 1.29 is 14.2 Å². The van der Waals surface area contributed by atoms with Crippen molar-refractivity contribution in [2.24, 2.45) is 0 Å². The van der Waals surface area contributed by atoms with Crippen LogP contribution in [0.3, 0.4) is 0 Å². The van der Waals surface area contributed by atoms with Crippen molar-refractivity contribution >= 4 is 0 Å². The maximum Gasteiger partial charge on any atom is 0.232 e. The Hall–Kier alpha value is -0.250. The lowest BCUT2D eigenvalue weighted by atomic mass is 10.4. The van der Waals surface area contributed by atoms with Gasteiger partial charge in [-0.3, -0.25) is 0 Å². The van der Waals surface area contributed by atoms with E-state index < -0.39 is 0 Å². The smallest absolute Gasteiger partial charge is 0.232 e. The quantitative estimate of drug-likeness (QED) is 0.410. The Morgan fingerprint density at radius 1 is 1.22 bits per heavy atom. The molecule has 3 nitrogen and oxygen atoms in total. The molecule has 0 radical (unpaired) electrons. The Morgan fingerprint density at radius 2 is 1.78 bits per heavy atom. The zero-order valence-electron chi connectivity index (χ0n) is 6.09. The summed E-state index contributed by atoms with van der Waals surface area (Å²) in [6.07, 6.45) is 0.480. The van der Waals surface area contributed by atoms with Crippen LogP contribution in [0.4, 0.5) is 0 Å². The molecule has 0 atom stereocenters. The SMILES string of the molecule is CO[CH+]CC(OC)OC. The molecule has 0 saturated heterocycles. The predicted molar refractivity (Wildman–Crippen MR) is 33.7 cm³/mol. The van der Waals surface area contributed by atoms with Crippen molar-refractivity contribution in [3.8, 4) is 0 Å². The minimum atomic E-state index is -0.176. The van der Waals surface area contributed by atoms with Crippen LogP contribution in [0.2, 0.25) is 0 Å². The lowest BCUT2D eigenvalue weighted by molar-refractivity contribution is -0.106. The molecule has 0 bridgehead atoms. The van der Waals surface area contributed by atoms with Crippen LogP contribution >= 0.6 is 0 Å². The molecular weight excluding hydrogens is 120 g/mol. The number of rotatable bonds is 5. The number of hydrogen-bond donors (Lipinski definition) is 0. The van der Waals surface area contributed by atoms with Crippen molar-refractivity contribution in [2.45, 2.75) is 12.7 Å². The van der Waals surface area contributed by atoms with Gasteiger partial charge in [0.25, 0.3) is 0 Å². The van der Waals surface area contributed by atoms with Crippen LogP contribution in [0, 0.1) is 6.61 Å². The van der Waals surface area contributed by atoms with Gasteiger partial charge in [0.15, 0.2) is 6.42 Å². The molecule has 0 aliphatic carbocycles. The summed E-state index contributed by atoms with van der Waals surface area (Å²) < 4.78 is 14.4. The van der Waals surface area contributed by atoms with E-state index in [1.807, 2.05) is 0 Å². The number of hydrogen-bond acceptors (Lipinski definition) is 3. The fourth-order valence-electron chi connectivity index (χ4n) is 0.463. The lowest BCUT2D eigenvalue weighted by Crippen LogP contribution is -2.12. The van der Waals surface area contributed by atoms with Gasteiger partial charge < -0.3 is 9.47 Å². The summed E-state index contributed by atoms with van der Waals surface area (Å²) in [5, 5.41) is 0. The van der Waals surface area contributed by atoms with Gasteiger partial charge in [-0.05, 0) is 0 Å². The van der Waals surface area contributed by atoms with Gasteiger partial charge in [-0.25, -0.2) is 0 Å². The van der Waals surface area contributed by atoms with Crippen molar-refractivity contribution in [1.29, 1.82) is 0 Å². The standard InChI is InChI=1S/C6H13O3/c1-7-5-4-6(8-2)9-3/h5-6H,4H2,1-3H3/q+1. The molecule has 0 aromatic carbocycles. The molecule has 9 heavy (non-hydrogen) atoms. The van der Waals surface area contributed by atoms with Gasteiger partial charge in [-0.1, -0.05) is 0 Å². The van der Waals surface area contributed by atoms with Crippen LogP contribution in [0.1, 0.15) is 6.42 Å². The van der Waals surface area contributed by atoms with Crippen LogP contribution < -0.4 is 0 Å². The second kappa shape index (κ2) is 5.88. The predicted octanol–water partition coefficient (Wildman–Crippen LogP) is 0.804. The molecule has 0 unspecified atom stereocenters. The molecule has 0 aliphatic heterocycles. The third-order valence-electron chi connectivity index (χ3n) is 0.981. The maximum atomic E-state index is 4.87. The summed E-state index contributed by atoms with van der Waals surface area (Å²) in [6, 6.07) is 0. The van der Waals surface area contributed by atoms with Crippen LogP contribution in [0.5, 0.6) is 0 Å². The maximum absolute atomic E-state index is 4.87. The van der Waals surface area contributed by atoms with Gasteiger partial charge in [0, 0.05) is 14.2 Å². The summed E-state index contributed by atoms with van der Waals surface area (Å²) in [5.74, 6) is 0. The van der Waals surface area contributed by atoms with Crippen LogP contribution in [0.15, 0.2) is 0 Å². The Bertz CT molecular complexity index is 52.3. The van der Waals surface area contributed by atoms with Crippen molar-refractivity contribution in [1.82, 2.24) is 0 Å². The Balaban J connectivity index is 3.09. The highest BCUT2D eigenvalue weighted by molar-refractivity contribution is 4.52. The molecule has 0 amide bonds. The fraction of sp³-hybridized carbons (Fsp3) is 0.833. The topological polar surface area (TPSA) is 27.7 Å². The van der Waals surface area contributed by atoms with Gasteiger partial charge in [0.05, 0.1) is 7.11 Å².